The standard InChI is InChI=1S/C21H34O2/c1-4-6-9-21(23-20(22)13(3)5-2)12-16-11-17(21)19-15-8-7-14(10-15)18(16)19/h13-19H,4-12H2,1-3H3. The Labute approximate surface area is 141 Å². The Morgan fingerprint density at radius 1 is 1.13 bits per heavy atom. The molecule has 0 aliphatic heterocycles. The summed E-state index contributed by atoms with van der Waals surface area (Å²) in [5.74, 6) is 5.57. The van der Waals surface area contributed by atoms with Crippen LogP contribution in [0.25, 0.3) is 0 Å². The number of hydrogen-bond donors (Lipinski definition) is 0. The number of unbranched alkanes of at least 4 members (excludes halogenated alkanes) is 1. The minimum atomic E-state index is -0.0904. The molecule has 4 bridgehead atoms. The molecule has 4 saturated carbocycles. The van der Waals surface area contributed by atoms with Gasteiger partial charge in [0.1, 0.15) is 5.60 Å². The summed E-state index contributed by atoms with van der Waals surface area (Å²) in [5.41, 5.74) is -0.0904. The molecule has 2 nitrogen and oxygen atoms in total. The summed E-state index contributed by atoms with van der Waals surface area (Å²) in [5, 5.41) is 0. The summed E-state index contributed by atoms with van der Waals surface area (Å²) < 4.78 is 6.36. The van der Waals surface area contributed by atoms with E-state index in [2.05, 4.69) is 13.8 Å². The van der Waals surface area contributed by atoms with Gasteiger partial charge in [-0.15, -0.1) is 0 Å². The van der Waals surface area contributed by atoms with E-state index in [-0.39, 0.29) is 17.5 Å². The van der Waals surface area contributed by atoms with Crippen molar-refractivity contribution in [3.63, 3.8) is 0 Å². The fourth-order valence-electron chi connectivity index (χ4n) is 7.10. The smallest absolute Gasteiger partial charge is 0.309 e. The zero-order valence-electron chi connectivity index (χ0n) is 15.2. The number of hydrogen-bond acceptors (Lipinski definition) is 2. The van der Waals surface area contributed by atoms with Crippen LogP contribution in [-0.4, -0.2) is 11.6 Å². The molecule has 0 spiro atoms. The van der Waals surface area contributed by atoms with Crippen LogP contribution in [0.15, 0.2) is 0 Å². The maximum Gasteiger partial charge on any atom is 0.309 e. The van der Waals surface area contributed by atoms with Crippen molar-refractivity contribution >= 4 is 5.97 Å². The third kappa shape index (κ3) is 2.30. The van der Waals surface area contributed by atoms with Crippen molar-refractivity contribution in [1.82, 2.24) is 0 Å². The molecule has 2 heteroatoms. The van der Waals surface area contributed by atoms with Crippen LogP contribution < -0.4 is 0 Å². The molecule has 4 aliphatic carbocycles. The van der Waals surface area contributed by atoms with Crippen molar-refractivity contribution in [2.24, 2.45) is 41.4 Å². The molecule has 4 fully saturated rings. The van der Waals surface area contributed by atoms with Crippen LogP contribution in [0.1, 0.15) is 78.6 Å². The van der Waals surface area contributed by atoms with Gasteiger partial charge in [-0.05, 0) is 81.0 Å². The van der Waals surface area contributed by atoms with Gasteiger partial charge in [0.25, 0.3) is 0 Å². The average Bonchev–Trinajstić information content (AvgIpc) is 3.29. The van der Waals surface area contributed by atoms with Crippen LogP contribution in [0.3, 0.4) is 0 Å². The van der Waals surface area contributed by atoms with Crippen molar-refractivity contribution in [3.8, 4) is 0 Å². The van der Waals surface area contributed by atoms with Crippen LogP contribution >= 0.6 is 0 Å². The Hall–Kier alpha value is -0.530. The molecule has 4 aliphatic rings. The normalized spacial score (nSPS) is 47.8. The van der Waals surface area contributed by atoms with E-state index in [1.807, 2.05) is 6.92 Å². The number of carbonyl (C=O) groups is 1. The van der Waals surface area contributed by atoms with E-state index >= 15 is 0 Å². The molecule has 8 unspecified atom stereocenters. The van der Waals surface area contributed by atoms with Gasteiger partial charge >= 0.3 is 5.97 Å². The minimum Gasteiger partial charge on any atom is -0.459 e. The summed E-state index contributed by atoms with van der Waals surface area (Å²) >= 11 is 0. The van der Waals surface area contributed by atoms with Crippen molar-refractivity contribution in [2.45, 2.75) is 84.2 Å². The van der Waals surface area contributed by atoms with E-state index < -0.39 is 0 Å². The first-order chi connectivity index (χ1) is 11.1. The molecule has 0 aromatic heterocycles. The van der Waals surface area contributed by atoms with E-state index in [0.29, 0.717) is 5.92 Å². The topological polar surface area (TPSA) is 26.3 Å². The molecule has 4 rings (SSSR count). The van der Waals surface area contributed by atoms with Gasteiger partial charge in [0, 0.05) is 5.92 Å². The van der Waals surface area contributed by atoms with Crippen LogP contribution in [0.2, 0.25) is 0 Å². The van der Waals surface area contributed by atoms with Crippen LogP contribution in [0, 0.1) is 41.4 Å². The molecule has 0 saturated heterocycles. The zero-order chi connectivity index (χ0) is 16.2. The maximum absolute atomic E-state index is 12.6. The Morgan fingerprint density at radius 3 is 2.57 bits per heavy atom. The highest BCUT2D eigenvalue weighted by Gasteiger charge is 2.68. The van der Waals surface area contributed by atoms with E-state index in [1.165, 1.54) is 44.9 Å². The third-order valence-electron chi connectivity index (χ3n) is 8.17. The fraction of sp³-hybridized carbons (Fsp3) is 0.952. The van der Waals surface area contributed by atoms with Crippen molar-refractivity contribution < 1.29 is 9.53 Å². The molecular weight excluding hydrogens is 284 g/mol. The van der Waals surface area contributed by atoms with E-state index in [9.17, 15) is 4.79 Å². The number of esters is 1. The molecule has 0 heterocycles. The summed E-state index contributed by atoms with van der Waals surface area (Å²) in [7, 11) is 0. The zero-order valence-corrected chi connectivity index (χ0v) is 15.2. The summed E-state index contributed by atoms with van der Waals surface area (Å²) in [4.78, 5) is 12.6. The van der Waals surface area contributed by atoms with Gasteiger partial charge in [-0.25, -0.2) is 0 Å². The van der Waals surface area contributed by atoms with Gasteiger partial charge in [0.2, 0.25) is 0 Å². The van der Waals surface area contributed by atoms with Gasteiger partial charge in [-0.3, -0.25) is 4.79 Å². The lowest BCUT2D eigenvalue weighted by Gasteiger charge is -2.46. The lowest BCUT2D eigenvalue weighted by Crippen LogP contribution is -2.48. The maximum atomic E-state index is 12.6. The molecule has 0 radical (unpaired) electrons. The largest absolute Gasteiger partial charge is 0.459 e. The Kier molecular flexibility index (Phi) is 4.01. The Bertz CT molecular complexity index is 472. The molecule has 0 aromatic rings. The first-order valence-corrected chi connectivity index (χ1v) is 10.3. The summed E-state index contributed by atoms with van der Waals surface area (Å²) in [6.45, 7) is 6.39. The van der Waals surface area contributed by atoms with E-state index in [4.69, 9.17) is 4.74 Å². The predicted octanol–water partition coefficient (Wildman–Crippen LogP) is 5.21. The van der Waals surface area contributed by atoms with Gasteiger partial charge in [-0.2, -0.15) is 0 Å². The van der Waals surface area contributed by atoms with Gasteiger partial charge in [-0.1, -0.05) is 27.2 Å². The van der Waals surface area contributed by atoms with Crippen LogP contribution in [0.4, 0.5) is 0 Å². The minimum absolute atomic E-state index is 0.0588. The SMILES string of the molecule is CCCCC1(OC(=O)C(C)CC)CC2CC1C1C3CCC(C3)C21. The van der Waals surface area contributed by atoms with Crippen molar-refractivity contribution in [1.29, 1.82) is 0 Å². The van der Waals surface area contributed by atoms with Crippen LogP contribution in [-0.2, 0) is 9.53 Å². The van der Waals surface area contributed by atoms with E-state index in [0.717, 1.165) is 42.4 Å². The molecule has 0 amide bonds. The Morgan fingerprint density at radius 2 is 1.87 bits per heavy atom. The fourth-order valence-corrected chi connectivity index (χ4v) is 7.10. The quantitative estimate of drug-likeness (QED) is 0.496. The number of ether oxygens (including phenoxy) is 1. The second-order valence-electron chi connectivity index (χ2n) is 9.19. The predicted molar refractivity (Wildman–Crippen MR) is 91.8 cm³/mol. The molecule has 0 aromatic carbocycles. The van der Waals surface area contributed by atoms with Gasteiger partial charge in [0.15, 0.2) is 0 Å². The highest BCUT2D eigenvalue weighted by Crippen LogP contribution is 2.71. The number of fused-ring (bicyclic) bond motifs is 9. The van der Waals surface area contributed by atoms with E-state index in [1.54, 1.807) is 0 Å². The molecule has 23 heavy (non-hydrogen) atoms. The van der Waals surface area contributed by atoms with Crippen molar-refractivity contribution in [3.05, 3.63) is 0 Å². The van der Waals surface area contributed by atoms with Crippen molar-refractivity contribution in [2.75, 3.05) is 0 Å². The molecule has 8 atom stereocenters. The second kappa shape index (κ2) is 5.77. The molecular formula is C21H34O2. The second-order valence-corrected chi connectivity index (χ2v) is 9.19. The van der Waals surface area contributed by atoms with Crippen LogP contribution in [0.5, 0.6) is 0 Å². The monoisotopic (exact) mass is 318 g/mol. The number of carbonyl (C=O) groups excluding carboxylic acids is 1. The highest BCUT2D eigenvalue weighted by atomic mass is 16.6. The van der Waals surface area contributed by atoms with Gasteiger partial charge in [0.05, 0.1) is 5.92 Å². The lowest BCUT2D eigenvalue weighted by molar-refractivity contribution is -0.178. The molecule has 130 valence electrons. The highest BCUT2D eigenvalue weighted by molar-refractivity contribution is 5.72. The molecule has 0 N–H and O–H groups in total. The lowest BCUT2D eigenvalue weighted by atomic mass is 9.64. The van der Waals surface area contributed by atoms with Gasteiger partial charge < -0.3 is 4.74 Å². The summed E-state index contributed by atoms with van der Waals surface area (Å²) in [6, 6.07) is 0. The number of rotatable bonds is 6. The Balaban J connectivity index is 1.57. The summed E-state index contributed by atoms with van der Waals surface area (Å²) in [6.07, 6.45) is 11.4. The first-order valence-electron chi connectivity index (χ1n) is 10.3. The first kappa shape index (κ1) is 16.0. The average molecular weight is 319 g/mol. The third-order valence-corrected chi connectivity index (χ3v) is 8.17.